The van der Waals surface area contributed by atoms with E-state index in [0.29, 0.717) is 26.2 Å². The van der Waals surface area contributed by atoms with Crippen LogP contribution in [0.5, 0.6) is 5.75 Å². The summed E-state index contributed by atoms with van der Waals surface area (Å²) in [5.74, 6) is -0.351. The van der Waals surface area contributed by atoms with E-state index in [0.717, 1.165) is 5.56 Å². The molecule has 0 atom stereocenters. The van der Waals surface area contributed by atoms with E-state index in [1.807, 2.05) is 11.8 Å². The molecule has 1 aliphatic heterocycles. The van der Waals surface area contributed by atoms with Gasteiger partial charge in [0.1, 0.15) is 4.90 Å². The van der Waals surface area contributed by atoms with Gasteiger partial charge in [0.05, 0.1) is 18.7 Å². The monoisotopic (exact) mass is 483 g/mol. The number of likely N-dealkylation sites (N-methyl/N-ethyl adjacent to an activating group) is 1. The largest absolute Gasteiger partial charge is 0.494 e. The molecule has 32 heavy (non-hydrogen) atoms. The number of carbonyl (C=O) groups is 1. The van der Waals surface area contributed by atoms with Crippen LogP contribution in [0.1, 0.15) is 12.5 Å². The van der Waals surface area contributed by atoms with Gasteiger partial charge in [0.15, 0.2) is 11.6 Å². The molecule has 0 N–H and O–H groups in total. The molecule has 2 aromatic carbocycles. The third kappa shape index (κ3) is 5.58. The van der Waals surface area contributed by atoms with E-state index in [-0.39, 0.29) is 41.2 Å². The summed E-state index contributed by atoms with van der Waals surface area (Å²) < 4.78 is 46.0. The van der Waals surface area contributed by atoms with Crippen molar-refractivity contribution in [2.24, 2.45) is 0 Å². The first kappa shape index (κ1) is 24.4. The topological polar surface area (TPSA) is 70.2 Å². The van der Waals surface area contributed by atoms with Gasteiger partial charge in [0.25, 0.3) is 0 Å². The highest BCUT2D eigenvalue weighted by Gasteiger charge is 2.31. The average Bonchev–Trinajstić information content (AvgIpc) is 2.79. The Hall–Kier alpha value is -2.20. The predicted octanol–water partition coefficient (Wildman–Crippen LogP) is 2.84. The van der Waals surface area contributed by atoms with Crippen LogP contribution in [0.4, 0.5) is 4.39 Å². The number of halogens is 2. The smallest absolute Gasteiger partial charge is 0.244 e. The number of sulfonamides is 1. The number of amides is 1. The first-order valence-electron chi connectivity index (χ1n) is 10.3. The molecule has 0 aromatic heterocycles. The Balaban J connectivity index is 1.57. The van der Waals surface area contributed by atoms with Gasteiger partial charge in [-0.3, -0.25) is 9.69 Å². The highest BCUT2D eigenvalue weighted by Crippen LogP contribution is 2.25. The summed E-state index contributed by atoms with van der Waals surface area (Å²) in [6, 6.07) is 11.1. The molecule has 0 saturated carbocycles. The number of benzene rings is 2. The van der Waals surface area contributed by atoms with Crippen molar-refractivity contribution in [1.82, 2.24) is 14.1 Å². The molecular formula is C22H27ClFN3O4S. The molecule has 0 spiro atoms. The van der Waals surface area contributed by atoms with Gasteiger partial charge in [-0.25, -0.2) is 12.8 Å². The van der Waals surface area contributed by atoms with Crippen LogP contribution in [0.25, 0.3) is 0 Å². The van der Waals surface area contributed by atoms with Gasteiger partial charge in [-0.05, 0) is 36.4 Å². The third-order valence-electron chi connectivity index (χ3n) is 5.47. The van der Waals surface area contributed by atoms with Crippen molar-refractivity contribution in [2.45, 2.75) is 18.4 Å². The standard InChI is InChI=1S/C22H27ClFN3O4S/c1-3-25(15-17-8-9-20(31-2)19(24)14-17)16-22(28)26-10-12-27(13-11-26)32(29,30)21-7-5-4-6-18(21)23/h4-9,14H,3,10-13,15-16H2,1-2H3. The maximum Gasteiger partial charge on any atom is 0.244 e. The van der Waals surface area contributed by atoms with Crippen molar-refractivity contribution in [1.29, 1.82) is 0 Å². The number of methoxy groups -OCH3 is 1. The van der Waals surface area contributed by atoms with Crippen LogP contribution in [0, 0.1) is 5.82 Å². The lowest BCUT2D eigenvalue weighted by atomic mass is 10.2. The number of carbonyl (C=O) groups excluding carboxylic acids is 1. The lowest BCUT2D eigenvalue weighted by Crippen LogP contribution is -2.52. The fourth-order valence-corrected chi connectivity index (χ4v) is 5.52. The summed E-state index contributed by atoms with van der Waals surface area (Å²) in [6.45, 7) is 4.14. The quantitative estimate of drug-likeness (QED) is 0.577. The molecule has 0 radical (unpaired) electrons. The lowest BCUT2D eigenvalue weighted by Gasteiger charge is -2.35. The van der Waals surface area contributed by atoms with Crippen LogP contribution in [-0.4, -0.2) is 74.8 Å². The highest BCUT2D eigenvalue weighted by atomic mass is 35.5. The number of hydrogen-bond acceptors (Lipinski definition) is 5. The minimum atomic E-state index is -3.71. The zero-order valence-corrected chi connectivity index (χ0v) is 19.7. The van der Waals surface area contributed by atoms with E-state index in [2.05, 4.69) is 0 Å². The van der Waals surface area contributed by atoms with E-state index < -0.39 is 15.8 Å². The van der Waals surface area contributed by atoms with E-state index in [1.54, 1.807) is 35.2 Å². The third-order valence-corrected chi connectivity index (χ3v) is 7.87. The van der Waals surface area contributed by atoms with Crippen LogP contribution >= 0.6 is 11.6 Å². The number of rotatable bonds is 8. The van der Waals surface area contributed by atoms with Gasteiger partial charge in [-0.2, -0.15) is 4.31 Å². The number of nitrogens with zero attached hydrogens (tertiary/aromatic N) is 3. The van der Waals surface area contributed by atoms with E-state index in [9.17, 15) is 17.6 Å². The zero-order chi connectivity index (χ0) is 23.3. The van der Waals surface area contributed by atoms with E-state index in [4.69, 9.17) is 16.3 Å². The lowest BCUT2D eigenvalue weighted by molar-refractivity contribution is -0.133. The van der Waals surface area contributed by atoms with Crippen LogP contribution in [0.3, 0.4) is 0 Å². The summed E-state index contributed by atoms with van der Waals surface area (Å²) >= 11 is 6.07. The number of hydrogen-bond donors (Lipinski definition) is 0. The zero-order valence-electron chi connectivity index (χ0n) is 18.1. The van der Waals surface area contributed by atoms with Crippen LogP contribution in [0.15, 0.2) is 47.4 Å². The summed E-state index contributed by atoms with van der Waals surface area (Å²) in [7, 11) is -2.30. The summed E-state index contributed by atoms with van der Waals surface area (Å²) in [6.07, 6.45) is 0. The molecule has 10 heteroatoms. The molecular weight excluding hydrogens is 457 g/mol. The molecule has 1 amide bonds. The summed E-state index contributed by atoms with van der Waals surface area (Å²) in [5, 5.41) is 0.180. The van der Waals surface area contributed by atoms with Gasteiger partial charge >= 0.3 is 0 Å². The van der Waals surface area contributed by atoms with Crippen molar-refractivity contribution < 1.29 is 22.3 Å². The van der Waals surface area contributed by atoms with Crippen LogP contribution < -0.4 is 4.74 Å². The Morgan fingerprint density at radius 3 is 2.44 bits per heavy atom. The molecule has 1 heterocycles. The second-order valence-corrected chi connectivity index (χ2v) is 9.80. The Kier molecular flexibility index (Phi) is 8.10. The van der Waals surface area contributed by atoms with Crippen molar-refractivity contribution in [3.8, 4) is 5.75 Å². The van der Waals surface area contributed by atoms with E-state index in [1.165, 1.54) is 23.5 Å². The predicted molar refractivity (Wildman–Crippen MR) is 121 cm³/mol. The molecule has 1 saturated heterocycles. The van der Waals surface area contributed by atoms with Gasteiger partial charge in [-0.1, -0.05) is 36.7 Å². The molecule has 2 aromatic rings. The normalized spacial score (nSPS) is 15.2. The maximum absolute atomic E-state index is 14.0. The fourth-order valence-electron chi connectivity index (χ4n) is 3.61. The number of ether oxygens (including phenoxy) is 1. The summed E-state index contributed by atoms with van der Waals surface area (Å²) in [5.41, 5.74) is 0.744. The van der Waals surface area contributed by atoms with Gasteiger partial charge in [-0.15, -0.1) is 0 Å². The van der Waals surface area contributed by atoms with Crippen molar-refractivity contribution in [3.05, 3.63) is 58.9 Å². The average molecular weight is 484 g/mol. The van der Waals surface area contributed by atoms with Crippen molar-refractivity contribution in [2.75, 3.05) is 46.4 Å². The summed E-state index contributed by atoms with van der Waals surface area (Å²) in [4.78, 5) is 16.5. The second kappa shape index (κ2) is 10.6. The molecule has 0 bridgehead atoms. The molecule has 1 aliphatic rings. The molecule has 1 fully saturated rings. The molecule has 0 unspecified atom stereocenters. The first-order chi connectivity index (χ1) is 15.3. The van der Waals surface area contributed by atoms with Crippen LogP contribution in [-0.2, 0) is 21.4 Å². The Labute approximate surface area is 193 Å². The highest BCUT2D eigenvalue weighted by molar-refractivity contribution is 7.89. The van der Waals surface area contributed by atoms with Crippen molar-refractivity contribution >= 4 is 27.5 Å². The van der Waals surface area contributed by atoms with Gasteiger partial charge < -0.3 is 9.64 Å². The first-order valence-corrected chi connectivity index (χ1v) is 12.1. The Morgan fingerprint density at radius 2 is 1.84 bits per heavy atom. The van der Waals surface area contributed by atoms with Gasteiger partial charge in [0, 0.05) is 32.7 Å². The maximum atomic E-state index is 14.0. The second-order valence-electron chi connectivity index (χ2n) is 7.49. The minimum Gasteiger partial charge on any atom is -0.494 e. The van der Waals surface area contributed by atoms with E-state index >= 15 is 0 Å². The molecule has 0 aliphatic carbocycles. The fraction of sp³-hybridized carbons (Fsp3) is 0.409. The van der Waals surface area contributed by atoms with Crippen LogP contribution in [0.2, 0.25) is 5.02 Å². The molecule has 174 valence electrons. The molecule has 7 nitrogen and oxygen atoms in total. The van der Waals surface area contributed by atoms with Crippen molar-refractivity contribution in [3.63, 3.8) is 0 Å². The minimum absolute atomic E-state index is 0.0744. The number of piperazine rings is 1. The Bertz CT molecular complexity index is 1060. The molecule has 3 rings (SSSR count). The van der Waals surface area contributed by atoms with Gasteiger partial charge in [0.2, 0.25) is 15.9 Å². The SMILES string of the molecule is CCN(CC(=O)N1CCN(S(=O)(=O)c2ccccc2Cl)CC1)Cc1ccc(OC)c(F)c1. The Morgan fingerprint density at radius 1 is 1.16 bits per heavy atom.